The van der Waals surface area contributed by atoms with Crippen molar-refractivity contribution < 1.29 is 24.2 Å². The first-order valence-electron chi connectivity index (χ1n) is 8.96. The highest BCUT2D eigenvalue weighted by Crippen LogP contribution is 2.45. The summed E-state index contributed by atoms with van der Waals surface area (Å²) in [6.07, 6.45) is 0. The summed E-state index contributed by atoms with van der Waals surface area (Å²) in [5, 5.41) is 14.5. The standard InChI is InChI=1S/C20H16N2O5S3/c1-3-27-19(26)17-10(2)21-20(30-17)22-14(11-6-4-8-28-11)13(16(24)18(22)25)15(23)12-7-5-9-29-12/h4-9,14,24H,3H2,1-2H3/t14-/m1/s1. The minimum atomic E-state index is -0.826. The Bertz CT molecular complexity index is 1150. The Morgan fingerprint density at radius 1 is 1.23 bits per heavy atom. The zero-order valence-electron chi connectivity index (χ0n) is 15.9. The molecule has 0 saturated carbocycles. The molecule has 0 aliphatic carbocycles. The number of rotatable bonds is 6. The number of Topliss-reactive ketones (excluding diaryl/α,β-unsaturated/α-hetero) is 1. The highest BCUT2D eigenvalue weighted by atomic mass is 32.1. The van der Waals surface area contributed by atoms with E-state index in [0.717, 1.165) is 11.3 Å². The Morgan fingerprint density at radius 2 is 1.97 bits per heavy atom. The molecule has 1 aliphatic rings. The van der Waals surface area contributed by atoms with Crippen LogP contribution in [0.2, 0.25) is 0 Å². The minimum absolute atomic E-state index is 0.00966. The van der Waals surface area contributed by atoms with E-state index in [9.17, 15) is 19.5 Å². The van der Waals surface area contributed by atoms with Gasteiger partial charge in [-0.2, -0.15) is 0 Å². The van der Waals surface area contributed by atoms with E-state index in [2.05, 4.69) is 4.98 Å². The van der Waals surface area contributed by atoms with Crippen LogP contribution < -0.4 is 4.90 Å². The number of aliphatic hydroxyl groups excluding tert-OH is 1. The van der Waals surface area contributed by atoms with Crippen LogP contribution in [-0.4, -0.2) is 34.4 Å². The molecule has 1 atom stereocenters. The number of thiophene rings is 2. The smallest absolute Gasteiger partial charge is 0.350 e. The SMILES string of the molecule is CCOC(=O)c1sc(N2C(=O)C(O)=C(C(=O)c3cccs3)[C@H]2c2cccs2)nc1C. The van der Waals surface area contributed by atoms with E-state index in [1.54, 1.807) is 37.4 Å². The fourth-order valence-electron chi connectivity index (χ4n) is 3.16. The van der Waals surface area contributed by atoms with Gasteiger partial charge in [0.25, 0.3) is 5.91 Å². The van der Waals surface area contributed by atoms with Gasteiger partial charge in [0, 0.05) is 4.88 Å². The Labute approximate surface area is 183 Å². The Hall–Kier alpha value is -2.82. The number of aryl methyl sites for hydroxylation is 1. The molecule has 0 aromatic carbocycles. The van der Waals surface area contributed by atoms with E-state index in [0.29, 0.717) is 15.4 Å². The summed E-state index contributed by atoms with van der Waals surface area (Å²) in [5.74, 6) is -2.25. The van der Waals surface area contributed by atoms with Crippen LogP contribution in [0.1, 0.15) is 42.9 Å². The number of hydrogen-bond donors (Lipinski definition) is 1. The lowest BCUT2D eigenvalue weighted by Gasteiger charge is -2.22. The largest absolute Gasteiger partial charge is 0.503 e. The second-order valence-electron chi connectivity index (χ2n) is 6.29. The van der Waals surface area contributed by atoms with E-state index in [4.69, 9.17) is 4.74 Å². The van der Waals surface area contributed by atoms with Gasteiger partial charge in [-0.3, -0.25) is 14.5 Å². The molecule has 10 heteroatoms. The average Bonchev–Trinajstić information content (AvgIpc) is 3.50. The van der Waals surface area contributed by atoms with Gasteiger partial charge in [-0.25, -0.2) is 9.78 Å². The van der Waals surface area contributed by atoms with Crippen LogP contribution >= 0.6 is 34.0 Å². The van der Waals surface area contributed by atoms with E-state index < -0.39 is 29.5 Å². The van der Waals surface area contributed by atoms with E-state index in [1.165, 1.54) is 27.6 Å². The lowest BCUT2D eigenvalue weighted by molar-refractivity contribution is -0.117. The number of ether oxygens (including phenoxy) is 1. The number of amides is 1. The van der Waals surface area contributed by atoms with Gasteiger partial charge in [-0.1, -0.05) is 23.5 Å². The van der Waals surface area contributed by atoms with Gasteiger partial charge in [0.05, 0.1) is 22.8 Å². The molecular weight excluding hydrogens is 444 g/mol. The molecule has 0 spiro atoms. The predicted molar refractivity (Wildman–Crippen MR) is 116 cm³/mol. The lowest BCUT2D eigenvalue weighted by atomic mass is 10.0. The molecule has 4 rings (SSSR count). The number of aromatic nitrogens is 1. The maximum absolute atomic E-state index is 13.1. The number of carbonyl (C=O) groups excluding carboxylic acids is 3. The average molecular weight is 461 g/mol. The Balaban J connectivity index is 1.81. The summed E-state index contributed by atoms with van der Waals surface area (Å²) >= 11 is 3.60. The number of nitrogens with zero attached hydrogens (tertiary/aromatic N) is 2. The molecule has 0 radical (unpaired) electrons. The fraction of sp³-hybridized carbons (Fsp3) is 0.200. The quantitative estimate of drug-likeness (QED) is 0.429. The monoisotopic (exact) mass is 460 g/mol. The summed E-state index contributed by atoms with van der Waals surface area (Å²) in [6, 6.07) is 6.16. The second-order valence-corrected chi connectivity index (χ2v) is 9.20. The minimum Gasteiger partial charge on any atom is -0.503 e. The third-order valence-electron chi connectivity index (χ3n) is 4.46. The third kappa shape index (κ3) is 3.36. The predicted octanol–water partition coefficient (Wildman–Crippen LogP) is 4.53. The Kier molecular flexibility index (Phi) is 5.54. The van der Waals surface area contributed by atoms with Crippen molar-refractivity contribution in [2.75, 3.05) is 11.5 Å². The molecule has 0 saturated heterocycles. The summed E-state index contributed by atoms with van der Waals surface area (Å²) < 4.78 is 5.06. The molecule has 0 unspecified atom stereocenters. The highest BCUT2D eigenvalue weighted by Gasteiger charge is 2.46. The van der Waals surface area contributed by atoms with Crippen molar-refractivity contribution in [1.82, 2.24) is 4.98 Å². The van der Waals surface area contributed by atoms with E-state index in [1.807, 2.05) is 11.4 Å². The van der Waals surface area contributed by atoms with Crippen molar-refractivity contribution in [2.24, 2.45) is 0 Å². The van der Waals surface area contributed by atoms with Crippen LogP contribution in [0.25, 0.3) is 0 Å². The first kappa shape index (κ1) is 20.5. The van der Waals surface area contributed by atoms with E-state index >= 15 is 0 Å². The van der Waals surface area contributed by atoms with Crippen molar-refractivity contribution in [2.45, 2.75) is 19.9 Å². The highest BCUT2D eigenvalue weighted by molar-refractivity contribution is 7.17. The van der Waals surface area contributed by atoms with Gasteiger partial charge >= 0.3 is 5.97 Å². The normalized spacial score (nSPS) is 16.4. The van der Waals surface area contributed by atoms with Crippen molar-refractivity contribution in [1.29, 1.82) is 0 Å². The maximum atomic E-state index is 13.1. The molecule has 30 heavy (non-hydrogen) atoms. The molecule has 154 valence electrons. The first-order chi connectivity index (χ1) is 14.4. The van der Waals surface area contributed by atoms with Gasteiger partial charge in [-0.15, -0.1) is 22.7 Å². The number of ketones is 1. The summed E-state index contributed by atoms with van der Waals surface area (Å²) in [5.41, 5.74) is 0.430. The molecule has 1 N–H and O–H groups in total. The van der Waals surface area contributed by atoms with Gasteiger partial charge < -0.3 is 9.84 Å². The number of aliphatic hydroxyl groups is 1. The van der Waals surface area contributed by atoms with Crippen LogP contribution in [0, 0.1) is 6.92 Å². The third-order valence-corrected chi connectivity index (χ3v) is 7.39. The summed E-state index contributed by atoms with van der Waals surface area (Å²) in [4.78, 5) is 45.5. The molecule has 1 amide bonds. The zero-order chi connectivity index (χ0) is 21.4. The molecule has 0 bridgehead atoms. The summed E-state index contributed by atoms with van der Waals surface area (Å²) in [6.45, 7) is 3.57. The summed E-state index contributed by atoms with van der Waals surface area (Å²) in [7, 11) is 0. The first-order valence-corrected chi connectivity index (χ1v) is 11.5. The topological polar surface area (TPSA) is 96.8 Å². The van der Waals surface area contributed by atoms with Gasteiger partial charge in [0.15, 0.2) is 10.9 Å². The van der Waals surface area contributed by atoms with Crippen molar-refractivity contribution in [3.05, 3.63) is 66.7 Å². The molecule has 0 fully saturated rings. The van der Waals surface area contributed by atoms with Crippen molar-refractivity contribution >= 4 is 56.8 Å². The van der Waals surface area contributed by atoms with Crippen LogP contribution in [0.5, 0.6) is 0 Å². The van der Waals surface area contributed by atoms with Crippen LogP contribution in [0.15, 0.2) is 46.4 Å². The molecule has 4 heterocycles. The number of anilines is 1. The maximum Gasteiger partial charge on any atom is 0.350 e. The Morgan fingerprint density at radius 3 is 2.60 bits per heavy atom. The van der Waals surface area contributed by atoms with Crippen LogP contribution in [0.4, 0.5) is 5.13 Å². The van der Waals surface area contributed by atoms with Gasteiger partial charge in [0.2, 0.25) is 5.78 Å². The molecule has 3 aromatic heterocycles. The number of esters is 1. The number of thiazole rings is 1. The fourth-order valence-corrected chi connectivity index (χ4v) is 5.65. The van der Waals surface area contributed by atoms with Gasteiger partial charge in [0.1, 0.15) is 10.9 Å². The van der Waals surface area contributed by atoms with Crippen LogP contribution in [0.3, 0.4) is 0 Å². The molecule has 3 aromatic rings. The number of carbonyl (C=O) groups is 3. The van der Waals surface area contributed by atoms with Crippen molar-refractivity contribution in [3.63, 3.8) is 0 Å². The zero-order valence-corrected chi connectivity index (χ0v) is 18.4. The number of hydrogen-bond acceptors (Lipinski definition) is 9. The lowest BCUT2D eigenvalue weighted by Crippen LogP contribution is -2.30. The van der Waals surface area contributed by atoms with Crippen molar-refractivity contribution in [3.8, 4) is 0 Å². The van der Waals surface area contributed by atoms with E-state index in [-0.39, 0.29) is 22.2 Å². The van der Waals surface area contributed by atoms with Gasteiger partial charge in [-0.05, 0) is 36.7 Å². The molecule has 7 nitrogen and oxygen atoms in total. The van der Waals surface area contributed by atoms with Crippen LogP contribution in [-0.2, 0) is 9.53 Å². The molecular formula is C20H16N2O5S3. The molecule has 1 aliphatic heterocycles. The second kappa shape index (κ2) is 8.13.